The molecule has 0 radical (unpaired) electrons. The largest absolute Gasteiger partial charge is 0.480 e. The molecule has 2 rings (SSSR count). The number of methoxy groups -OCH3 is 1. The average Bonchev–Trinajstić information content (AvgIpc) is 2.53. The molecule has 0 atom stereocenters. The van der Waals surface area contributed by atoms with Crippen molar-refractivity contribution in [2.75, 3.05) is 38.3 Å². The zero-order chi connectivity index (χ0) is 16.8. The molecule has 1 aromatic carbocycles. The number of amides is 2. The average molecular weight is 320 g/mol. The van der Waals surface area contributed by atoms with Crippen LogP contribution in [0.4, 0.5) is 5.69 Å². The highest BCUT2D eigenvalue weighted by Crippen LogP contribution is 2.27. The summed E-state index contributed by atoms with van der Waals surface area (Å²) in [6.07, 6.45) is 1.00. The molecule has 1 N–H and O–H groups in total. The molecule has 1 aliphatic heterocycles. The van der Waals surface area contributed by atoms with Gasteiger partial charge in [0.1, 0.15) is 13.1 Å². The molecule has 0 saturated carbocycles. The second-order valence-electron chi connectivity index (χ2n) is 5.31. The van der Waals surface area contributed by atoms with Crippen molar-refractivity contribution >= 4 is 23.5 Å². The van der Waals surface area contributed by atoms with Crippen LogP contribution >= 0.6 is 0 Å². The van der Waals surface area contributed by atoms with Crippen molar-refractivity contribution < 1.29 is 24.2 Å². The van der Waals surface area contributed by atoms with Crippen LogP contribution in [0.25, 0.3) is 0 Å². The summed E-state index contributed by atoms with van der Waals surface area (Å²) < 4.78 is 4.90. The summed E-state index contributed by atoms with van der Waals surface area (Å²) in [5, 5.41) is 8.93. The number of hydrogen-bond donors (Lipinski definition) is 1. The van der Waals surface area contributed by atoms with Crippen molar-refractivity contribution in [3.8, 4) is 0 Å². The molecule has 0 fully saturated rings. The molecule has 0 spiro atoms. The molecule has 1 aromatic rings. The Morgan fingerprint density at radius 2 is 2.04 bits per heavy atom. The molecule has 0 aliphatic carbocycles. The summed E-state index contributed by atoms with van der Waals surface area (Å²) in [6.45, 7) is -0.159. The Morgan fingerprint density at radius 3 is 2.74 bits per heavy atom. The standard InChI is InChI=1S/C16H20N2O5/c1-23-9-8-17(11-16(21)22)15(20)10-18-13-5-3-2-4-12(13)6-7-14(18)19/h2-5H,6-11H2,1H3,(H,21,22). The number of rotatable bonds is 7. The normalized spacial score (nSPS) is 13.6. The van der Waals surface area contributed by atoms with Crippen molar-refractivity contribution in [2.24, 2.45) is 0 Å². The van der Waals surface area contributed by atoms with Gasteiger partial charge in [0.2, 0.25) is 11.8 Å². The third-order valence-corrected chi connectivity index (χ3v) is 3.73. The molecule has 1 aliphatic rings. The van der Waals surface area contributed by atoms with Gasteiger partial charge >= 0.3 is 5.97 Å². The van der Waals surface area contributed by atoms with Gasteiger partial charge in [-0.05, 0) is 18.1 Å². The van der Waals surface area contributed by atoms with E-state index in [9.17, 15) is 14.4 Å². The SMILES string of the molecule is COCCN(CC(=O)O)C(=O)CN1C(=O)CCc2ccccc21. The minimum atomic E-state index is -1.10. The number of carbonyl (C=O) groups is 3. The molecular formula is C16H20N2O5. The highest BCUT2D eigenvalue weighted by Gasteiger charge is 2.27. The number of fused-ring (bicyclic) bond motifs is 1. The van der Waals surface area contributed by atoms with E-state index in [2.05, 4.69) is 0 Å². The van der Waals surface area contributed by atoms with Crippen molar-refractivity contribution in [3.05, 3.63) is 29.8 Å². The molecule has 23 heavy (non-hydrogen) atoms. The van der Waals surface area contributed by atoms with Crippen LogP contribution in [-0.2, 0) is 25.5 Å². The quantitative estimate of drug-likeness (QED) is 0.792. The lowest BCUT2D eigenvalue weighted by Gasteiger charge is -2.31. The van der Waals surface area contributed by atoms with E-state index in [1.807, 2.05) is 18.2 Å². The molecule has 124 valence electrons. The van der Waals surface area contributed by atoms with Gasteiger partial charge < -0.3 is 19.6 Å². The summed E-state index contributed by atoms with van der Waals surface area (Å²) in [5.41, 5.74) is 1.74. The fraction of sp³-hybridized carbons (Fsp3) is 0.438. The fourth-order valence-electron chi connectivity index (χ4n) is 2.56. The third kappa shape index (κ3) is 4.29. The minimum absolute atomic E-state index is 0.126. The van der Waals surface area contributed by atoms with Gasteiger partial charge in [0, 0.05) is 25.8 Å². The van der Waals surface area contributed by atoms with Gasteiger partial charge in [-0.15, -0.1) is 0 Å². The summed E-state index contributed by atoms with van der Waals surface area (Å²) in [7, 11) is 1.48. The Morgan fingerprint density at radius 1 is 1.30 bits per heavy atom. The monoisotopic (exact) mass is 320 g/mol. The number of carbonyl (C=O) groups excluding carboxylic acids is 2. The first-order valence-corrected chi connectivity index (χ1v) is 7.39. The summed E-state index contributed by atoms with van der Waals surface area (Å²) >= 11 is 0. The number of benzene rings is 1. The van der Waals surface area contributed by atoms with E-state index in [1.165, 1.54) is 16.9 Å². The van der Waals surface area contributed by atoms with Crippen LogP contribution in [0, 0.1) is 0 Å². The predicted octanol–water partition coefficient (Wildman–Crippen LogP) is 0.525. The third-order valence-electron chi connectivity index (χ3n) is 3.73. The highest BCUT2D eigenvalue weighted by atomic mass is 16.5. The lowest BCUT2D eigenvalue weighted by atomic mass is 10.0. The lowest BCUT2D eigenvalue weighted by Crippen LogP contribution is -2.47. The highest BCUT2D eigenvalue weighted by molar-refractivity contribution is 6.01. The maximum atomic E-state index is 12.4. The number of aliphatic carboxylic acids is 1. The summed E-state index contributed by atoms with van der Waals surface area (Å²) in [6, 6.07) is 7.44. The van der Waals surface area contributed by atoms with Gasteiger partial charge in [0.25, 0.3) is 0 Å². The zero-order valence-electron chi connectivity index (χ0n) is 13.0. The van der Waals surface area contributed by atoms with Crippen LogP contribution in [0.3, 0.4) is 0 Å². The number of carboxylic acids is 1. The van der Waals surface area contributed by atoms with Crippen LogP contribution in [0.1, 0.15) is 12.0 Å². The Hall–Kier alpha value is -2.41. The molecule has 0 unspecified atom stereocenters. The Bertz CT molecular complexity index is 602. The molecule has 0 saturated heterocycles. The Labute approximate surface area is 134 Å². The number of ether oxygens (including phenoxy) is 1. The van der Waals surface area contributed by atoms with E-state index in [-0.39, 0.29) is 25.6 Å². The zero-order valence-corrected chi connectivity index (χ0v) is 13.0. The van der Waals surface area contributed by atoms with Gasteiger partial charge in [0.05, 0.1) is 6.61 Å². The second kappa shape index (κ2) is 7.73. The molecule has 1 heterocycles. The predicted molar refractivity (Wildman–Crippen MR) is 83.2 cm³/mol. The van der Waals surface area contributed by atoms with Crippen LogP contribution in [0.15, 0.2) is 24.3 Å². The first-order chi connectivity index (χ1) is 11.0. The number of hydrogen-bond acceptors (Lipinski definition) is 4. The molecule has 0 bridgehead atoms. The summed E-state index contributed by atoms with van der Waals surface area (Å²) in [5.74, 6) is -1.63. The first-order valence-electron chi connectivity index (χ1n) is 7.39. The summed E-state index contributed by atoms with van der Waals surface area (Å²) in [4.78, 5) is 38.1. The van der Waals surface area contributed by atoms with E-state index >= 15 is 0 Å². The smallest absolute Gasteiger partial charge is 0.323 e. The van der Waals surface area contributed by atoms with Gasteiger partial charge in [-0.3, -0.25) is 14.4 Å². The number of aryl methyl sites for hydroxylation is 1. The molecular weight excluding hydrogens is 300 g/mol. The molecule has 7 nitrogen and oxygen atoms in total. The molecule has 7 heteroatoms. The van der Waals surface area contributed by atoms with Gasteiger partial charge in [-0.25, -0.2) is 0 Å². The topological polar surface area (TPSA) is 87.2 Å². The van der Waals surface area contributed by atoms with Gasteiger partial charge in [-0.1, -0.05) is 18.2 Å². The van der Waals surface area contributed by atoms with E-state index in [0.717, 1.165) is 11.3 Å². The number of carboxylic acid groups (broad SMARTS) is 1. The first kappa shape index (κ1) is 17.0. The van der Waals surface area contributed by atoms with Crippen molar-refractivity contribution in [1.82, 2.24) is 4.90 Å². The molecule has 2 amide bonds. The van der Waals surface area contributed by atoms with Gasteiger partial charge in [-0.2, -0.15) is 0 Å². The lowest BCUT2D eigenvalue weighted by molar-refractivity contribution is -0.144. The van der Waals surface area contributed by atoms with Gasteiger partial charge in [0.15, 0.2) is 0 Å². The second-order valence-corrected chi connectivity index (χ2v) is 5.31. The van der Waals surface area contributed by atoms with E-state index in [4.69, 9.17) is 9.84 Å². The van der Waals surface area contributed by atoms with E-state index in [0.29, 0.717) is 12.8 Å². The van der Waals surface area contributed by atoms with Crippen molar-refractivity contribution in [3.63, 3.8) is 0 Å². The number of nitrogens with zero attached hydrogens (tertiary/aromatic N) is 2. The Balaban J connectivity index is 2.13. The van der Waals surface area contributed by atoms with E-state index in [1.54, 1.807) is 6.07 Å². The Kier molecular flexibility index (Phi) is 5.70. The van der Waals surface area contributed by atoms with E-state index < -0.39 is 18.4 Å². The van der Waals surface area contributed by atoms with Crippen LogP contribution < -0.4 is 4.90 Å². The number of para-hydroxylation sites is 1. The number of anilines is 1. The van der Waals surface area contributed by atoms with Crippen LogP contribution in [-0.4, -0.2) is 61.1 Å². The van der Waals surface area contributed by atoms with Crippen molar-refractivity contribution in [2.45, 2.75) is 12.8 Å². The maximum absolute atomic E-state index is 12.4. The minimum Gasteiger partial charge on any atom is -0.480 e. The van der Waals surface area contributed by atoms with Crippen LogP contribution in [0.5, 0.6) is 0 Å². The maximum Gasteiger partial charge on any atom is 0.323 e. The fourth-order valence-corrected chi connectivity index (χ4v) is 2.56. The van der Waals surface area contributed by atoms with Crippen molar-refractivity contribution in [1.29, 1.82) is 0 Å². The van der Waals surface area contributed by atoms with Crippen LogP contribution in [0.2, 0.25) is 0 Å². The molecule has 0 aromatic heterocycles.